The average molecular weight is 289 g/mol. The molecule has 0 unspecified atom stereocenters. The molecule has 3 heteroatoms. The first-order chi connectivity index (χ1) is 7.11. The van der Waals surface area contributed by atoms with Gasteiger partial charge in [0.25, 0.3) is 0 Å². The van der Waals surface area contributed by atoms with Crippen LogP contribution in [0.2, 0.25) is 0 Å². The smallest absolute Gasteiger partial charge is 0.0736 e. The molecular weight excluding hydrogens is 272 g/mol. The van der Waals surface area contributed by atoms with Crippen LogP contribution in [0.4, 0.5) is 0 Å². The van der Waals surface area contributed by atoms with Gasteiger partial charge in [0, 0.05) is 15.1 Å². The summed E-state index contributed by atoms with van der Waals surface area (Å²) >= 11 is 5.21. The number of halogens is 1. The zero-order valence-corrected chi connectivity index (χ0v) is 11.6. The van der Waals surface area contributed by atoms with Gasteiger partial charge >= 0.3 is 0 Å². The topological polar surface area (TPSA) is 20.2 Å². The molecule has 0 bridgehead atoms. The Morgan fingerprint density at radius 3 is 2.40 bits per heavy atom. The van der Waals surface area contributed by atoms with Gasteiger partial charge in [-0.05, 0) is 40.9 Å². The normalized spacial score (nSPS) is 11.7. The second-order valence-corrected chi connectivity index (χ2v) is 5.52. The van der Waals surface area contributed by atoms with Gasteiger partial charge in [-0.2, -0.15) is 0 Å². The first-order valence-corrected chi connectivity index (χ1v) is 6.99. The van der Waals surface area contributed by atoms with Crippen LogP contribution >= 0.6 is 27.7 Å². The van der Waals surface area contributed by atoms with E-state index < -0.39 is 5.60 Å². The van der Waals surface area contributed by atoms with Gasteiger partial charge in [-0.1, -0.05) is 26.0 Å². The molecule has 1 aromatic carbocycles. The molecule has 1 aromatic rings. The molecule has 0 aliphatic heterocycles. The second kappa shape index (κ2) is 5.92. The molecule has 0 aliphatic carbocycles. The fraction of sp³-hybridized carbons (Fsp3) is 0.500. The van der Waals surface area contributed by atoms with E-state index in [0.717, 1.165) is 23.1 Å². The SMILES string of the molecule is CCC(O)(CC)CSc1ccccc1Br. The number of rotatable bonds is 5. The summed E-state index contributed by atoms with van der Waals surface area (Å²) in [6.45, 7) is 4.06. The Hall–Kier alpha value is 0.01000. The maximum absolute atomic E-state index is 10.1. The molecule has 0 heterocycles. The van der Waals surface area contributed by atoms with E-state index in [1.807, 2.05) is 32.0 Å². The van der Waals surface area contributed by atoms with E-state index in [0.29, 0.717) is 0 Å². The van der Waals surface area contributed by atoms with Crippen LogP contribution in [0, 0.1) is 0 Å². The molecule has 0 spiro atoms. The van der Waals surface area contributed by atoms with Crippen LogP contribution < -0.4 is 0 Å². The van der Waals surface area contributed by atoms with Crippen molar-refractivity contribution < 1.29 is 5.11 Å². The third-order valence-corrected chi connectivity index (χ3v) is 4.95. The fourth-order valence-corrected chi connectivity index (χ4v) is 3.07. The standard InChI is InChI=1S/C12H17BrOS/c1-3-12(14,4-2)9-15-11-8-6-5-7-10(11)13/h5-8,14H,3-4,9H2,1-2H3. The zero-order chi connectivity index (χ0) is 11.3. The molecule has 1 N–H and O–H groups in total. The molecule has 0 amide bonds. The van der Waals surface area contributed by atoms with E-state index in [1.165, 1.54) is 4.90 Å². The van der Waals surface area contributed by atoms with E-state index in [1.54, 1.807) is 11.8 Å². The predicted molar refractivity (Wildman–Crippen MR) is 70.4 cm³/mol. The Morgan fingerprint density at radius 1 is 1.27 bits per heavy atom. The lowest BCUT2D eigenvalue weighted by Gasteiger charge is -2.24. The largest absolute Gasteiger partial charge is 0.389 e. The van der Waals surface area contributed by atoms with Gasteiger partial charge in [0.05, 0.1) is 5.60 Å². The second-order valence-electron chi connectivity index (χ2n) is 3.65. The summed E-state index contributed by atoms with van der Waals surface area (Å²) in [5.74, 6) is 0.753. The summed E-state index contributed by atoms with van der Waals surface area (Å²) in [6.07, 6.45) is 1.61. The molecule has 1 rings (SSSR count). The summed E-state index contributed by atoms with van der Waals surface area (Å²) in [5, 5.41) is 10.1. The minimum atomic E-state index is -0.528. The molecule has 84 valence electrons. The number of aliphatic hydroxyl groups is 1. The van der Waals surface area contributed by atoms with E-state index in [-0.39, 0.29) is 0 Å². The number of hydrogen-bond donors (Lipinski definition) is 1. The van der Waals surface area contributed by atoms with Gasteiger partial charge in [0.15, 0.2) is 0 Å². The van der Waals surface area contributed by atoms with Gasteiger partial charge in [-0.25, -0.2) is 0 Å². The van der Waals surface area contributed by atoms with E-state index in [9.17, 15) is 5.11 Å². The minimum Gasteiger partial charge on any atom is -0.389 e. The first kappa shape index (κ1) is 13.1. The Balaban J connectivity index is 2.61. The lowest BCUT2D eigenvalue weighted by Crippen LogP contribution is -2.29. The molecule has 15 heavy (non-hydrogen) atoms. The lowest BCUT2D eigenvalue weighted by atomic mass is 10.0. The van der Waals surface area contributed by atoms with Crippen LogP contribution in [0.25, 0.3) is 0 Å². The van der Waals surface area contributed by atoms with Crippen molar-refractivity contribution in [3.8, 4) is 0 Å². The quantitative estimate of drug-likeness (QED) is 0.824. The van der Waals surface area contributed by atoms with Gasteiger partial charge in [0.1, 0.15) is 0 Å². The molecular formula is C12H17BrOS. The van der Waals surface area contributed by atoms with Crippen molar-refractivity contribution in [2.45, 2.75) is 37.2 Å². The Labute approximate surface area is 104 Å². The Kier molecular flexibility index (Phi) is 5.16. The minimum absolute atomic E-state index is 0.528. The van der Waals surface area contributed by atoms with Crippen LogP contribution in [0.1, 0.15) is 26.7 Å². The van der Waals surface area contributed by atoms with Crippen molar-refractivity contribution in [1.29, 1.82) is 0 Å². The Bertz CT molecular complexity index is 310. The average Bonchev–Trinajstić information content (AvgIpc) is 2.28. The zero-order valence-electron chi connectivity index (χ0n) is 9.16. The van der Waals surface area contributed by atoms with Gasteiger partial charge in [-0.15, -0.1) is 11.8 Å². The summed E-state index contributed by atoms with van der Waals surface area (Å²) in [4.78, 5) is 1.19. The molecule has 0 aliphatic rings. The van der Waals surface area contributed by atoms with Crippen LogP contribution in [0.15, 0.2) is 33.6 Å². The van der Waals surface area contributed by atoms with Crippen molar-refractivity contribution in [2.24, 2.45) is 0 Å². The maximum Gasteiger partial charge on any atom is 0.0736 e. The summed E-state index contributed by atoms with van der Waals surface area (Å²) < 4.78 is 1.10. The number of benzene rings is 1. The van der Waals surface area contributed by atoms with Crippen molar-refractivity contribution in [1.82, 2.24) is 0 Å². The summed E-state index contributed by atoms with van der Waals surface area (Å²) in [5.41, 5.74) is -0.528. The molecule has 1 nitrogen and oxygen atoms in total. The molecule has 0 saturated heterocycles. The van der Waals surface area contributed by atoms with Gasteiger partial charge in [-0.3, -0.25) is 0 Å². The van der Waals surface area contributed by atoms with Crippen LogP contribution in [-0.4, -0.2) is 16.5 Å². The lowest BCUT2D eigenvalue weighted by molar-refractivity contribution is 0.0572. The molecule has 0 fully saturated rings. The highest BCUT2D eigenvalue weighted by Gasteiger charge is 2.22. The molecule has 0 aromatic heterocycles. The molecule has 0 saturated carbocycles. The van der Waals surface area contributed by atoms with Crippen molar-refractivity contribution >= 4 is 27.7 Å². The van der Waals surface area contributed by atoms with Gasteiger partial charge < -0.3 is 5.11 Å². The van der Waals surface area contributed by atoms with E-state index in [2.05, 4.69) is 22.0 Å². The molecule has 0 atom stereocenters. The third-order valence-electron chi connectivity index (χ3n) is 2.65. The number of hydrogen-bond acceptors (Lipinski definition) is 2. The van der Waals surface area contributed by atoms with Crippen LogP contribution in [-0.2, 0) is 0 Å². The highest BCUT2D eigenvalue weighted by Crippen LogP contribution is 2.31. The van der Waals surface area contributed by atoms with Gasteiger partial charge in [0.2, 0.25) is 0 Å². The maximum atomic E-state index is 10.1. The number of thioether (sulfide) groups is 1. The fourth-order valence-electron chi connectivity index (χ4n) is 1.23. The highest BCUT2D eigenvalue weighted by atomic mass is 79.9. The Morgan fingerprint density at radius 2 is 1.87 bits per heavy atom. The van der Waals surface area contributed by atoms with Crippen molar-refractivity contribution in [3.63, 3.8) is 0 Å². The van der Waals surface area contributed by atoms with E-state index >= 15 is 0 Å². The van der Waals surface area contributed by atoms with Crippen LogP contribution in [0.3, 0.4) is 0 Å². The summed E-state index contributed by atoms with van der Waals surface area (Å²) in [6, 6.07) is 8.11. The van der Waals surface area contributed by atoms with Crippen molar-refractivity contribution in [2.75, 3.05) is 5.75 Å². The highest BCUT2D eigenvalue weighted by molar-refractivity contribution is 9.10. The third kappa shape index (κ3) is 3.82. The predicted octanol–water partition coefficient (Wildman–Crippen LogP) is 4.09. The van der Waals surface area contributed by atoms with E-state index in [4.69, 9.17) is 0 Å². The summed E-state index contributed by atoms with van der Waals surface area (Å²) in [7, 11) is 0. The first-order valence-electron chi connectivity index (χ1n) is 5.21. The molecule has 0 radical (unpaired) electrons. The monoisotopic (exact) mass is 288 g/mol. The van der Waals surface area contributed by atoms with Crippen LogP contribution in [0.5, 0.6) is 0 Å². The van der Waals surface area contributed by atoms with Crippen molar-refractivity contribution in [3.05, 3.63) is 28.7 Å².